The van der Waals surface area contributed by atoms with E-state index >= 15 is 0 Å². The Morgan fingerprint density at radius 3 is 2.42 bits per heavy atom. The smallest absolute Gasteiger partial charge is 0.269 e. The normalized spacial score (nSPS) is 9.37. The largest absolute Gasteiger partial charge is 0.334 e. The number of benzene rings is 1. The van der Waals surface area contributed by atoms with E-state index in [1.165, 1.54) is 23.4 Å². The van der Waals surface area contributed by atoms with E-state index < -0.39 is 4.92 Å². The van der Waals surface area contributed by atoms with Crippen LogP contribution in [0.25, 0.3) is 0 Å². The fraction of sp³-hybridized carbons (Fsp3) is 0.231. The van der Waals surface area contributed by atoms with Gasteiger partial charge in [-0.05, 0) is 31.1 Å². The number of nitrogens with zero attached hydrogens (tertiary/aromatic N) is 2. The number of rotatable bonds is 2. The van der Waals surface area contributed by atoms with Crippen LogP contribution in [0.2, 0.25) is 0 Å². The van der Waals surface area contributed by atoms with Crippen molar-refractivity contribution < 1.29 is 4.92 Å². The summed E-state index contributed by atoms with van der Waals surface area (Å²) in [5.74, 6) is 0. The van der Waals surface area contributed by atoms with Crippen LogP contribution < -0.4 is 0 Å². The Balaban J connectivity index is 0.000000191. The molecule has 0 unspecified atom stereocenters. The van der Waals surface area contributed by atoms with Gasteiger partial charge in [0.25, 0.3) is 5.69 Å². The number of aryl methyl sites for hydroxylation is 2. The van der Waals surface area contributed by atoms with Gasteiger partial charge in [-0.25, -0.2) is 4.98 Å². The highest BCUT2D eigenvalue weighted by molar-refractivity contribution is 7.71. The third kappa shape index (κ3) is 4.97. The van der Waals surface area contributed by atoms with Crippen molar-refractivity contribution in [3.63, 3.8) is 0 Å². The maximum absolute atomic E-state index is 10.0. The van der Waals surface area contributed by atoms with Crippen molar-refractivity contribution in [1.82, 2.24) is 9.97 Å². The zero-order valence-corrected chi connectivity index (χ0v) is 11.6. The van der Waals surface area contributed by atoms with Crippen molar-refractivity contribution in [3.05, 3.63) is 62.7 Å². The molecule has 0 atom stereocenters. The summed E-state index contributed by atoms with van der Waals surface area (Å²) in [7, 11) is 0. The van der Waals surface area contributed by atoms with Crippen LogP contribution in [0.3, 0.4) is 0 Å². The molecule has 0 fully saturated rings. The third-order valence-electron chi connectivity index (χ3n) is 2.43. The summed E-state index contributed by atoms with van der Waals surface area (Å²) in [6.45, 7) is 4.12. The molecule has 6 heteroatoms. The lowest BCUT2D eigenvalue weighted by Crippen LogP contribution is -1.93. The molecule has 0 saturated carbocycles. The van der Waals surface area contributed by atoms with Crippen molar-refractivity contribution >= 4 is 17.9 Å². The molecular weight excluding hydrogens is 262 g/mol. The molecule has 1 aromatic heterocycles. The molecule has 19 heavy (non-hydrogen) atoms. The molecule has 0 radical (unpaired) electrons. The summed E-state index contributed by atoms with van der Waals surface area (Å²) < 4.78 is 0.572. The topological polar surface area (TPSA) is 71.8 Å². The molecule has 2 aromatic rings. The molecule has 1 aromatic carbocycles. The van der Waals surface area contributed by atoms with E-state index in [1.54, 1.807) is 24.4 Å². The van der Waals surface area contributed by atoms with Gasteiger partial charge in [0.1, 0.15) is 0 Å². The van der Waals surface area contributed by atoms with Gasteiger partial charge in [-0.2, -0.15) is 0 Å². The number of hydrogen-bond acceptors (Lipinski definition) is 4. The van der Waals surface area contributed by atoms with Gasteiger partial charge in [0.15, 0.2) is 4.77 Å². The quantitative estimate of drug-likeness (QED) is 0.517. The summed E-state index contributed by atoms with van der Waals surface area (Å²) in [6, 6.07) is 7.93. The van der Waals surface area contributed by atoms with Crippen LogP contribution in [0.1, 0.15) is 18.2 Å². The fourth-order valence-electron chi connectivity index (χ4n) is 1.41. The number of hydrogen-bond donors (Lipinski definition) is 1. The van der Waals surface area contributed by atoms with Gasteiger partial charge in [0.05, 0.1) is 4.92 Å². The maximum atomic E-state index is 10.0. The molecule has 0 aliphatic heterocycles. The molecule has 0 amide bonds. The van der Waals surface area contributed by atoms with Crippen molar-refractivity contribution in [2.24, 2.45) is 0 Å². The molecule has 1 N–H and O–H groups in total. The van der Waals surface area contributed by atoms with Crippen molar-refractivity contribution in [2.45, 2.75) is 20.3 Å². The Labute approximate surface area is 116 Å². The van der Waals surface area contributed by atoms with Crippen LogP contribution >= 0.6 is 12.2 Å². The number of nitrogens with one attached hydrogen (secondary N) is 1. The van der Waals surface area contributed by atoms with E-state index in [-0.39, 0.29) is 5.69 Å². The van der Waals surface area contributed by atoms with Gasteiger partial charge < -0.3 is 4.98 Å². The molecule has 0 aliphatic carbocycles. The van der Waals surface area contributed by atoms with Crippen LogP contribution in [-0.2, 0) is 6.42 Å². The van der Waals surface area contributed by atoms with E-state index in [0.717, 1.165) is 6.42 Å². The Bertz CT molecular complexity index is 596. The first kappa shape index (κ1) is 15.0. The Morgan fingerprint density at radius 2 is 2.00 bits per heavy atom. The zero-order chi connectivity index (χ0) is 14.3. The summed E-state index contributed by atoms with van der Waals surface area (Å²) in [5, 5.41) is 10.0. The highest BCUT2D eigenvalue weighted by atomic mass is 32.1. The second-order valence-electron chi connectivity index (χ2n) is 3.80. The van der Waals surface area contributed by atoms with E-state index in [9.17, 15) is 10.1 Å². The minimum absolute atomic E-state index is 0.137. The van der Waals surface area contributed by atoms with E-state index in [1.807, 2.05) is 6.92 Å². The first-order valence-corrected chi connectivity index (χ1v) is 6.19. The first-order chi connectivity index (χ1) is 9.04. The minimum Gasteiger partial charge on any atom is -0.334 e. The summed E-state index contributed by atoms with van der Waals surface area (Å²) in [6.07, 6.45) is 2.79. The molecule has 0 saturated heterocycles. The van der Waals surface area contributed by atoms with Crippen molar-refractivity contribution in [3.8, 4) is 0 Å². The summed E-state index contributed by atoms with van der Waals surface area (Å²) in [4.78, 5) is 16.6. The lowest BCUT2D eigenvalue weighted by molar-refractivity contribution is -0.384. The monoisotopic (exact) mass is 277 g/mol. The summed E-state index contributed by atoms with van der Waals surface area (Å²) in [5.41, 5.74) is 2.49. The highest BCUT2D eigenvalue weighted by Crippen LogP contribution is 2.06. The van der Waals surface area contributed by atoms with Gasteiger partial charge in [0.2, 0.25) is 0 Å². The van der Waals surface area contributed by atoms with Gasteiger partial charge in [-0.3, -0.25) is 10.1 Å². The van der Waals surface area contributed by atoms with Crippen LogP contribution in [0, 0.1) is 21.8 Å². The average molecular weight is 277 g/mol. The second-order valence-corrected chi connectivity index (χ2v) is 4.18. The number of aromatic nitrogens is 2. The molecular formula is C13H15N3O2S. The highest BCUT2D eigenvalue weighted by Gasteiger charge is 1.98. The average Bonchev–Trinajstić information content (AvgIpc) is 2.43. The number of aromatic amines is 1. The Kier molecular flexibility index (Phi) is 5.81. The zero-order valence-electron chi connectivity index (χ0n) is 10.8. The van der Waals surface area contributed by atoms with E-state index in [4.69, 9.17) is 12.2 Å². The molecule has 0 aliphatic rings. The van der Waals surface area contributed by atoms with Gasteiger partial charge in [-0.1, -0.05) is 25.1 Å². The number of non-ortho nitro benzene ring substituents is 1. The van der Waals surface area contributed by atoms with E-state index in [2.05, 4.69) is 16.9 Å². The van der Waals surface area contributed by atoms with Crippen LogP contribution in [0.4, 0.5) is 5.69 Å². The lowest BCUT2D eigenvalue weighted by Gasteiger charge is -1.99. The molecule has 2 rings (SSSR count). The van der Waals surface area contributed by atoms with Gasteiger partial charge in [0, 0.05) is 24.0 Å². The van der Waals surface area contributed by atoms with Crippen LogP contribution in [0.5, 0.6) is 0 Å². The number of nitro groups is 1. The van der Waals surface area contributed by atoms with E-state index in [0.29, 0.717) is 4.77 Å². The third-order valence-corrected chi connectivity index (χ3v) is 2.64. The molecule has 0 spiro atoms. The molecule has 100 valence electrons. The first-order valence-electron chi connectivity index (χ1n) is 5.78. The Morgan fingerprint density at radius 1 is 1.37 bits per heavy atom. The lowest BCUT2D eigenvalue weighted by atomic mass is 10.2. The predicted octanol–water partition coefficient (Wildman–Crippen LogP) is 3.60. The molecule has 5 nitrogen and oxygen atoms in total. The molecule has 1 heterocycles. The van der Waals surface area contributed by atoms with Crippen molar-refractivity contribution in [2.75, 3.05) is 0 Å². The van der Waals surface area contributed by atoms with Crippen LogP contribution in [0.15, 0.2) is 36.5 Å². The number of nitro benzene ring substituents is 1. The Hall–Kier alpha value is -2.08. The van der Waals surface area contributed by atoms with Crippen molar-refractivity contribution in [1.29, 1.82) is 0 Å². The fourth-order valence-corrected chi connectivity index (χ4v) is 1.59. The van der Waals surface area contributed by atoms with Crippen LogP contribution in [-0.4, -0.2) is 14.9 Å². The number of para-hydroxylation sites is 1. The number of H-pyrrole nitrogens is 1. The molecule has 0 bridgehead atoms. The minimum atomic E-state index is -0.417. The maximum Gasteiger partial charge on any atom is 0.269 e. The van der Waals surface area contributed by atoms with Gasteiger partial charge >= 0.3 is 0 Å². The standard InChI is InChI=1S/C7H10N2S.C6H5NO2/c1-3-6-5(2)4-8-7(10)9-6;8-7(9)6-4-2-1-3-5-6/h4H,3H2,1-2H3,(H,8,9,10);1-5H. The summed E-state index contributed by atoms with van der Waals surface area (Å²) >= 11 is 4.86. The van der Waals surface area contributed by atoms with Gasteiger partial charge in [-0.15, -0.1) is 0 Å². The SMILES string of the molecule is CCc1[nH]c(=S)ncc1C.O=[N+]([O-])c1ccccc1. The predicted molar refractivity (Wildman–Crippen MR) is 76.6 cm³/mol. The second kappa shape index (κ2) is 7.38.